The molecule has 0 aliphatic heterocycles. The molecule has 3 aromatic rings. The van der Waals surface area contributed by atoms with Crippen molar-refractivity contribution in [2.45, 2.75) is 25.5 Å². The highest BCUT2D eigenvalue weighted by Gasteiger charge is 2.15. The van der Waals surface area contributed by atoms with Crippen molar-refractivity contribution in [3.8, 4) is 5.75 Å². The first-order valence-electron chi connectivity index (χ1n) is 8.69. The summed E-state index contributed by atoms with van der Waals surface area (Å²) in [6, 6.07) is 13.0. The molecule has 0 atom stereocenters. The van der Waals surface area contributed by atoms with Crippen molar-refractivity contribution < 1.29 is 9.53 Å². The molecule has 0 radical (unpaired) electrons. The van der Waals surface area contributed by atoms with Crippen LogP contribution in [-0.2, 0) is 11.3 Å². The van der Waals surface area contributed by atoms with E-state index in [0.717, 1.165) is 21.9 Å². The number of aromatic nitrogens is 2. The van der Waals surface area contributed by atoms with Gasteiger partial charge < -0.3 is 14.6 Å². The third-order valence-corrected chi connectivity index (χ3v) is 5.60. The van der Waals surface area contributed by atoms with Gasteiger partial charge in [-0.1, -0.05) is 49.3 Å². The number of ether oxygens (including phenoxy) is 1. The molecule has 0 fully saturated rings. The summed E-state index contributed by atoms with van der Waals surface area (Å²) in [6.07, 6.45) is 0. The van der Waals surface area contributed by atoms with Crippen molar-refractivity contribution >= 4 is 46.0 Å². The lowest BCUT2D eigenvalue weighted by molar-refractivity contribution is -0.116. The highest BCUT2D eigenvalue weighted by molar-refractivity contribution is 7.99. The summed E-state index contributed by atoms with van der Waals surface area (Å²) in [5.74, 6) is 1.92. The van der Waals surface area contributed by atoms with Gasteiger partial charge in [0.2, 0.25) is 5.91 Å². The van der Waals surface area contributed by atoms with Gasteiger partial charge in [0.1, 0.15) is 12.3 Å². The van der Waals surface area contributed by atoms with Crippen molar-refractivity contribution in [3.63, 3.8) is 0 Å². The summed E-state index contributed by atoms with van der Waals surface area (Å²) in [5, 5.41) is 4.20. The molecule has 0 spiro atoms. The number of rotatable bonds is 7. The molecule has 0 bridgehead atoms. The average Bonchev–Trinajstić information content (AvgIpc) is 2.98. The summed E-state index contributed by atoms with van der Waals surface area (Å²) >= 11 is 7.81. The summed E-state index contributed by atoms with van der Waals surface area (Å²) in [4.78, 5) is 17.3. The van der Waals surface area contributed by atoms with E-state index < -0.39 is 0 Å². The third kappa shape index (κ3) is 4.76. The molecule has 2 aromatic carbocycles. The van der Waals surface area contributed by atoms with Crippen LogP contribution in [0.25, 0.3) is 11.0 Å². The minimum Gasteiger partial charge on any atom is -0.495 e. The Morgan fingerprint density at radius 2 is 2.07 bits per heavy atom. The van der Waals surface area contributed by atoms with Crippen LogP contribution in [-0.4, -0.2) is 28.3 Å². The van der Waals surface area contributed by atoms with Gasteiger partial charge in [0, 0.05) is 11.4 Å². The lowest BCUT2D eigenvalue weighted by Gasteiger charge is -2.11. The molecular weight excluding hydrogens is 382 g/mol. The zero-order chi connectivity index (χ0) is 19.4. The number of carbonyl (C=O) groups is 1. The van der Waals surface area contributed by atoms with Gasteiger partial charge in [0.15, 0.2) is 5.16 Å². The maximum atomic E-state index is 12.6. The van der Waals surface area contributed by atoms with Gasteiger partial charge in [0.25, 0.3) is 0 Å². The van der Waals surface area contributed by atoms with E-state index >= 15 is 0 Å². The predicted octanol–water partition coefficient (Wildman–Crippen LogP) is 5.09. The zero-order valence-electron chi connectivity index (χ0n) is 15.5. The second-order valence-corrected chi connectivity index (χ2v) is 7.97. The minimum absolute atomic E-state index is 0.134. The summed E-state index contributed by atoms with van der Waals surface area (Å²) in [7, 11) is 1.56. The largest absolute Gasteiger partial charge is 0.495 e. The number of hydrogen-bond acceptors (Lipinski definition) is 4. The summed E-state index contributed by atoms with van der Waals surface area (Å²) in [5.41, 5.74) is 2.47. The molecule has 3 rings (SSSR count). The molecule has 0 aliphatic rings. The van der Waals surface area contributed by atoms with E-state index in [4.69, 9.17) is 16.3 Å². The highest BCUT2D eigenvalue weighted by Crippen LogP contribution is 2.28. The topological polar surface area (TPSA) is 56.1 Å². The van der Waals surface area contributed by atoms with Crippen LogP contribution in [0.5, 0.6) is 5.75 Å². The van der Waals surface area contributed by atoms with Gasteiger partial charge in [-0.05, 0) is 36.2 Å². The SMILES string of the molecule is COc1ccc(NC(=O)Cn2c(SCC(C)C)nc3ccccc32)cc1Cl. The van der Waals surface area contributed by atoms with Crippen LogP contribution < -0.4 is 10.1 Å². The molecular formula is C20H22ClN3O2S. The molecule has 1 heterocycles. The number of anilines is 1. The number of nitrogens with one attached hydrogen (secondary N) is 1. The standard InChI is InChI=1S/C20H22ClN3O2S/c1-13(2)12-27-20-23-16-6-4-5-7-17(16)24(20)11-19(25)22-14-8-9-18(26-3)15(21)10-14/h4-10,13H,11-12H2,1-3H3,(H,22,25). The van der Waals surface area contributed by atoms with E-state index in [-0.39, 0.29) is 12.5 Å². The number of nitrogens with zero attached hydrogens (tertiary/aromatic N) is 2. The second-order valence-electron chi connectivity index (χ2n) is 6.57. The Labute approximate surface area is 168 Å². The number of amides is 1. The Bertz CT molecular complexity index is 956. The van der Waals surface area contributed by atoms with Crippen LogP contribution in [0.4, 0.5) is 5.69 Å². The molecule has 5 nitrogen and oxygen atoms in total. The van der Waals surface area contributed by atoms with E-state index in [0.29, 0.717) is 22.4 Å². The summed E-state index contributed by atoms with van der Waals surface area (Å²) < 4.78 is 7.10. The Balaban J connectivity index is 1.81. The van der Waals surface area contributed by atoms with Gasteiger partial charge in [-0.3, -0.25) is 4.79 Å². The molecule has 1 N–H and O–H groups in total. The number of imidazole rings is 1. The van der Waals surface area contributed by atoms with Crippen LogP contribution in [0.2, 0.25) is 5.02 Å². The first-order chi connectivity index (χ1) is 13.0. The Hall–Kier alpha value is -2.18. The number of benzene rings is 2. The molecule has 142 valence electrons. The number of carbonyl (C=O) groups excluding carboxylic acids is 1. The van der Waals surface area contributed by atoms with Gasteiger partial charge in [-0.2, -0.15) is 0 Å². The molecule has 27 heavy (non-hydrogen) atoms. The Kier molecular flexibility index (Phi) is 6.29. The van der Waals surface area contributed by atoms with E-state index in [1.807, 2.05) is 28.8 Å². The quantitative estimate of drug-likeness (QED) is 0.558. The molecule has 0 saturated carbocycles. The third-order valence-electron chi connectivity index (χ3n) is 3.90. The normalized spacial score (nSPS) is 11.1. The number of halogens is 1. The lowest BCUT2D eigenvalue weighted by atomic mass is 10.3. The van der Waals surface area contributed by atoms with Gasteiger partial charge >= 0.3 is 0 Å². The highest BCUT2D eigenvalue weighted by atomic mass is 35.5. The van der Waals surface area contributed by atoms with Crippen molar-refractivity contribution in [2.24, 2.45) is 5.92 Å². The maximum absolute atomic E-state index is 12.6. The number of fused-ring (bicyclic) bond motifs is 1. The van der Waals surface area contributed by atoms with Crippen LogP contribution >= 0.6 is 23.4 Å². The van der Waals surface area contributed by atoms with E-state index in [1.54, 1.807) is 37.1 Å². The molecule has 1 aromatic heterocycles. The second kappa shape index (κ2) is 8.67. The zero-order valence-corrected chi connectivity index (χ0v) is 17.1. The molecule has 0 aliphatic carbocycles. The van der Waals surface area contributed by atoms with Crippen LogP contribution in [0.3, 0.4) is 0 Å². The van der Waals surface area contributed by atoms with E-state index in [2.05, 4.69) is 24.1 Å². The van der Waals surface area contributed by atoms with Crippen LogP contribution in [0.15, 0.2) is 47.6 Å². The fourth-order valence-electron chi connectivity index (χ4n) is 2.65. The van der Waals surface area contributed by atoms with Gasteiger partial charge in [0.05, 0.1) is 23.2 Å². The summed E-state index contributed by atoms with van der Waals surface area (Å²) in [6.45, 7) is 4.52. The first kappa shape index (κ1) is 19.6. The monoisotopic (exact) mass is 403 g/mol. The van der Waals surface area contributed by atoms with Crippen molar-refractivity contribution in [1.29, 1.82) is 0 Å². The van der Waals surface area contributed by atoms with E-state index in [9.17, 15) is 4.79 Å². The number of hydrogen-bond donors (Lipinski definition) is 1. The minimum atomic E-state index is -0.134. The lowest BCUT2D eigenvalue weighted by Crippen LogP contribution is -2.19. The number of para-hydroxylation sites is 2. The fourth-order valence-corrected chi connectivity index (χ4v) is 3.87. The predicted molar refractivity (Wildman–Crippen MR) is 112 cm³/mol. The Morgan fingerprint density at radius 1 is 1.30 bits per heavy atom. The molecule has 7 heteroatoms. The van der Waals surface area contributed by atoms with E-state index in [1.165, 1.54) is 0 Å². The Morgan fingerprint density at radius 3 is 2.78 bits per heavy atom. The molecule has 0 unspecified atom stereocenters. The van der Waals surface area contributed by atoms with Crippen molar-refractivity contribution in [3.05, 3.63) is 47.5 Å². The van der Waals surface area contributed by atoms with Crippen molar-refractivity contribution in [1.82, 2.24) is 9.55 Å². The van der Waals surface area contributed by atoms with Crippen LogP contribution in [0.1, 0.15) is 13.8 Å². The number of methoxy groups -OCH3 is 1. The first-order valence-corrected chi connectivity index (χ1v) is 10.1. The average molecular weight is 404 g/mol. The number of thioether (sulfide) groups is 1. The smallest absolute Gasteiger partial charge is 0.244 e. The molecule has 1 amide bonds. The fraction of sp³-hybridized carbons (Fsp3) is 0.300. The van der Waals surface area contributed by atoms with Gasteiger partial charge in [-0.15, -0.1) is 0 Å². The molecule has 0 saturated heterocycles. The van der Waals surface area contributed by atoms with Crippen molar-refractivity contribution in [2.75, 3.05) is 18.2 Å². The van der Waals surface area contributed by atoms with Gasteiger partial charge in [-0.25, -0.2) is 4.98 Å². The maximum Gasteiger partial charge on any atom is 0.244 e. The van der Waals surface area contributed by atoms with Crippen LogP contribution in [0, 0.1) is 5.92 Å².